The molecule has 3 rings (SSSR count). The van der Waals surface area contributed by atoms with Crippen molar-refractivity contribution in [3.8, 4) is 5.75 Å². The fourth-order valence-electron chi connectivity index (χ4n) is 4.21. The molecule has 1 aromatic carbocycles. The second kappa shape index (κ2) is 7.72. The van der Waals surface area contributed by atoms with E-state index in [4.69, 9.17) is 15.9 Å². The van der Waals surface area contributed by atoms with Gasteiger partial charge in [-0.15, -0.1) is 0 Å². The Morgan fingerprint density at radius 2 is 2.08 bits per heavy atom. The number of ether oxygens (including phenoxy) is 1. The van der Waals surface area contributed by atoms with Crippen LogP contribution in [0.1, 0.15) is 31.2 Å². The number of nitrogens with one attached hydrogen (secondary N) is 1. The van der Waals surface area contributed by atoms with Crippen molar-refractivity contribution in [1.82, 2.24) is 4.90 Å². The van der Waals surface area contributed by atoms with Crippen LogP contribution in [0.25, 0.3) is 0 Å². The van der Waals surface area contributed by atoms with E-state index in [9.17, 15) is 4.79 Å². The van der Waals surface area contributed by atoms with E-state index in [1.54, 1.807) is 0 Å². The molecule has 2 aliphatic carbocycles. The summed E-state index contributed by atoms with van der Waals surface area (Å²) in [6, 6.07) is 7.61. The lowest BCUT2D eigenvalue weighted by molar-refractivity contribution is -0.130. The first-order valence-corrected chi connectivity index (χ1v) is 9.03. The molecule has 1 amide bonds. The third-order valence-corrected chi connectivity index (χ3v) is 5.53. The van der Waals surface area contributed by atoms with E-state index in [-0.39, 0.29) is 18.3 Å². The summed E-state index contributed by atoms with van der Waals surface area (Å²) in [7, 11) is 0. The first kappa shape index (κ1) is 17.5. The van der Waals surface area contributed by atoms with Gasteiger partial charge in [0.15, 0.2) is 6.61 Å². The molecule has 0 spiro atoms. The molecule has 2 saturated carbocycles. The quantitative estimate of drug-likeness (QED) is 0.616. The SMILES string of the molecule is Cc1ccc(OCC(=O)N(CC2CC3CCC2C3)C(=N)/C=C\N)cc1. The third-order valence-electron chi connectivity index (χ3n) is 5.53. The van der Waals surface area contributed by atoms with Crippen LogP contribution in [0.5, 0.6) is 5.75 Å². The summed E-state index contributed by atoms with van der Waals surface area (Å²) in [5.74, 6) is 2.63. The predicted molar refractivity (Wildman–Crippen MR) is 98.4 cm³/mol. The lowest BCUT2D eigenvalue weighted by Gasteiger charge is -2.29. The maximum absolute atomic E-state index is 12.7. The second-order valence-corrected chi connectivity index (χ2v) is 7.29. The molecule has 5 nitrogen and oxygen atoms in total. The van der Waals surface area contributed by atoms with Gasteiger partial charge in [0.25, 0.3) is 5.91 Å². The number of rotatable bonds is 6. The van der Waals surface area contributed by atoms with Gasteiger partial charge in [0.05, 0.1) is 0 Å². The predicted octanol–water partition coefficient (Wildman–Crippen LogP) is 3.09. The Labute approximate surface area is 149 Å². The molecule has 1 aromatic rings. The number of hydrogen-bond acceptors (Lipinski definition) is 4. The molecule has 25 heavy (non-hydrogen) atoms. The molecule has 2 bridgehead atoms. The second-order valence-electron chi connectivity index (χ2n) is 7.29. The summed E-state index contributed by atoms with van der Waals surface area (Å²) in [5, 5.41) is 8.17. The number of amides is 1. The van der Waals surface area contributed by atoms with Gasteiger partial charge in [-0.05, 0) is 68.3 Å². The normalized spacial score (nSPS) is 24.6. The van der Waals surface area contributed by atoms with Gasteiger partial charge in [-0.25, -0.2) is 0 Å². The van der Waals surface area contributed by atoms with Gasteiger partial charge in [0.1, 0.15) is 11.6 Å². The Morgan fingerprint density at radius 1 is 1.32 bits per heavy atom. The van der Waals surface area contributed by atoms with Crippen molar-refractivity contribution < 1.29 is 9.53 Å². The van der Waals surface area contributed by atoms with Crippen LogP contribution in [-0.4, -0.2) is 29.8 Å². The topological polar surface area (TPSA) is 79.4 Å². The smallest absolute Gasteiger partial charge is 0.266 e. The summed E-state index contributed by atoms with van der Waals surface area (Å²) in [6.45, 7) is 2.54. The van der Waals surface area contributed by atoms with Crippen molar-refractivity contribution in [2.24, 2.45) is 23.5 Å². The number of hydrogen-bond donors (Lipinski definition) is 2. The average Bonchev–Trinajstić information content (AvgIpc) is 3.22. The van der Waals surface area contributed by atoms with Gasteiger partial charge >= 0.3 is 0 Å². The fourth-order valence-corrected chi connectivity index (χ4v) is 4.21. The summed E-state index contributed by atoms with van der Waals surface area (Å²) in [5.41, 5.74) is 6.57. The van der Waals surface area contributed by atoms with Gasteiger partial charge < -0.3 is 10.5 Å². The number of fused-ring (bicyclic) bond motifs is 2. The van der Waals surface area contributed by atoms with Gasteiger partial charge in [0.2, 0.25) is 0 Å². The molecule has 0 aliphatic heterocycles. The first-order valence-electron chi connectivity index (χ1n) is 9.03. The number of amidine groups is 1. The Balaban J connectivity index is 1.62. The molecule has 5 heteroatoms. The Hall–Kier alpha value is -2.30. The lowest BCUT2D eigenvalue weighted by Crippen LogP contribution is -2.42. The van der Waals surface area contributed by atoms with Gasteiger partial charge in [0, 0.05) is 6.54 Å². The number of aryl methyl sites for hydroxylation is 1. The summed E-state index contributed by atoms with van der Waals surface area (Å²) in [4.78, 5) is 14.2. The zero-order valence-electron chi connectivity index (χ0n) is 14.8. The van der Waals surface area contributed by atoms with Crippen LogP contribution >= 0.6 is 0 Å². The minimum Gasteiger partial charge on any atom is -0.484 e. The molecule has 0 heterocycles. The number of nitrogens with two attached hydrogens (primary N) is 1. The monoisotopic (exact) mass is 341 g/mol. The van der Waals surface area contributed by atoms with Crippen LogP contribution < -0.4 is 10.5 Å². The van der Waals surface area contributed by atoms with Gasteiger partial charge in [-0.3, -0.25) is 15.1 Å². The Bertz CT molecular complexity index is 653. The lowest BCUT2D eigenvalue weighted by atomic mass is 9.88. The van der Waals surface area contributed by atoms with E-state index in [0.717, 1.165) is 11.5 Å². The molecule has 0 radical (unpaired) electrons. The van der Waals surface area contributed by atoms with E-state index in [0.29, 0.717) is 24.1 Å². The largest absolute Gasteiger partial charge is 0.484 e. The van der Waals surface area contributed by atoms with Gasteiger partial charge in [-0.1, -0.05) is 24.1 Å². The molecular formula is C20H27N3O2. The van der Waals surface area contributed by atoms with E-state index in [1.807, 2.05) is 31.2 Å². The average molecular weight is 341 g/mol. The fraction of sp³-hybridized carbons (Fsp3) is 0.500. The molecule has 0 saturated heterocycles. The molecule has 134 valence electrons. The minimum absolute atomic E-state index is 0.0648. The molecule has 3 unspecified atom stereocenters. The van der Waals surface area contributed by atoms with Crippen molar-refractivity contribution in [1.29, 1.82) is 5.41 Å². The maximum Gasteiger partial charge on any atom is 0.266 e. The van der Waals surface area contributed by atoms with Crippen LogP contribution in [0.2, 0.25) is 0 Å². The Kier molecular flexibility index (Phi) is 5.41. The van der Waals surface area contributed by atoms with Crippen LogP contribution in [0.4, 0.5) is 0 Å². The summed E-state index contributed by atoms with van der Waals surface area (Å²) >= 11 is 0. The highest BCUT2D eigenvalue weighted by Gasteiger charge is 2.40. The highest BCUT2D eigenvalue weighted by atomic mass is 16.5. The van der Waals surface area contributed by atoms with E-state index in [1.165, 1.54) is 42.9 Å². The van der Waals surface area contributed by atoms with Crippen molar-refractivity contribution in [2.75, 3.05) is 13.2 Å². The van der Waals surface area contributed by atoms with Crippen LogP contribution in [-0.2, 0) is 4.79 Å². The zero-order chi connectivity index (χ0) is 17.8. The van der Waals surface area contributed by atoms with Crippen LogP contribution in [0, 0.1) is 30.1 Å². The van der Waals surface area contributed by atoms with E-state index < -0.39 is 0 Å². The van der Waals surface area contributed by atoms with Crippen LogP contribution in [0.15, 0.2) is 36.5 Å². The number of nitrogens with zero attached hydrogens (tertiary/aromatic N) is 1. The van der Waals surface area contributed by atoms with Crippen molar-refractivity contribution >= 4 is 11.7 Å². The van der Waals surface area contributed by atoms with Crippen molar-refractivity contribution in [2.45, 2.75) is 32.6 Å². The first-order chi connectivity index (χ1) is 12.1. The standard InChI is InChI=1S/C20H27N3O2/c1-14-2-6-18(7-3-14)25-13-20(24)23(19(22)8-9-21)12-17-11-15-4-5-16(17)10-15/h2-3,6-9,15-17,22H,4-5,10-13,21H2,1H3/b9-8-,22-19?. The van der Waals surface area contributed by atoms with Crippen LogP contribution in [0.3, 0.4) is 0 Å². The molecule has 2 fully saturated rings. The number of benzene rings is 1. The third kappa shape index (κ3) is 4.21. The minimum atomic E-state index is -0.188. The maximum atomic E-state index is 12.7. The molecule has 3 atom stereocenters. The van der Waals surface area contributed by atoms with Crippen molar-refractivity contribution in [3.05, 3.63) is 42.1 Å². The van der Waals surface area contributed by atoms with Gasteiger partial charge in [-0.2, -0.15) is 0 Å². The summed E-state index contributed by atoms with van der Waals surface area (Å²) < 4.78 is 5.62. The molecule has 0 aromatic heterocycles. The highest BCUT2D eigenvalue weighted by molar-refractivity contribution is 6.03. The molecular weight excluding hydrogens is 314 g/mol. The number of carbonyl (C=O) groups excluding carboxylic acids is 1. The highest BCUT2D eigenvalue weighted by Crippen LogP contribution is 2.48. The number of carbonyl (C=O) groups is 1. The summed E-state index contributed by atoms with van der Waals surface area (Å²) in [6.07, 6.45) is 7.82. The Morgan fingerprint density at radius 3 is 2.68 bits per heavy atom. The van der Waals surface area contributed by atoms with E-state index in [2.05, 4.69) is 0 Å². The zero-order valence-corrected chi connectivity index (χ0v) is 14.8. The van der Waals surface area contributed by atoms with E-state index >= 15 is 0 Å². The molecule has 3 N–H and O–H groups in total. The van der Waals surface area contributed by atoms with Crippen molar-refractivity contribution in [3.63, 3.8) is 0 Å². The molecule has 2 aliphatic rings.